The van der Waals surface area contributed by atoms with Gasteiger partial charge in [-0.05, 0) is 59.8 Å². The smallest absolute Gasteiger partial charge is 0.194 e. The number of benzene rings is 2. The summed E-state index contributed by atoms with van der Waals surface area (Å²) in [4.78, 5) is 6.94. The standard InChI is InChI=1S/C21H22FN3O2S/c1-21(2)8-9-25(12-21)15-6-4-13(5-7-15)19-23-20(28-24-19)14-10-16(22)18(26)17(11-14)27-3/h4-7,10-11,26H,8-9,12H2,1-3H3. The first-order chi connectivity index (χ1) is 13.4. The predicted molar refractivity (Wildman–Crippen MR) is 110 cm³/mol. The second kappa shape index (κ2) is 7.05. The molecule has 1 aromatic heterocycles. The van der Waals surface area contributed by atoms with E-state index in [1.165, 1.54) is 36.8 Å². The van der Waals surface area contributed by atoms with Crippen LogP contribution in [-0.2, 0) is 0 Å². The zero-order valence-electron chi connectivity index (χ0n) is 16.1. The zero-order chi connectivity index (χ0) is 19.9. The Morgan fingerprint density at radius 1 is 1.18 bits per heavy atom. The second-order valence-corrected chi connectivity index (χ2v) is 8.57. The first-order valence-electron chi connectivity index (χ1n) is 9.12. The predicted octanol–water partition coefficient (Wildman–Crippen LogP) is 4.96. The van der Waals surface area contributed by atoms with Gasteiger partial charge in [0.05, 0.1) is 7.11 Å². The highest BCUT2D eigenvalue weighted by Gasteiger charge is 2.29. The molecule has 0 unspecified atom stereocenters. The van der Waals surface area contributed by atoms with Gasteiger partial charge in [0.2, 0.25) is 0 Å². The lowest BCUT2D eigenvalue weighted by molar-refractivity contribution is 0.357. The van der Waals surface area contributed by atoms with Crippen molar-refractivity contribution in [1.29, 1.82) is 0 Å². The first-order valence-corrected chi connectivity index (χ1v) is 9.90. The van der Waals surface area contributed by atoms with Gasteiger partial charge < -0.3 is 14.7 Å². The van der Waals surface area contributed by atoms with E-state index in [2.05, 4.69) is 40.2 Å². The van der Waals surface area contributed by atoms with Crippen molar-refractivity contribution in [3.8, 4) is 33.5 Å². The summed E-state index contributed by atoms with van der Waals surface area (Å²) in [5.74, 6) is -0.578. The Morgan fingerprint density at radius 2 is 1.93 bits per heavy atom. The van der Waals surface area contributed by atoms with Crippen LogP contribution in [0, 0.1) is 11.2 Å². The van der Waals surface area contributed by atoms with Gasteiger partial charge in [-0.25, -0.2) is 9.37 Å². The molecule has 1 N–H and O–H groups in total. The van der Waals surface area contributed by atoms with Crippen molar-refractivity contribution in [3.63, 3.8) is 0 Å². The number of aromatic hydroxyl groups is 1. The minimum absolute atomic E-state index is 0.0737. The number of phenolic OH excluding ortho intramolecular Hbond substituents is 1. The van der Waals surface area contributed by atoms with Crippen LogP contribution >= 0.6 is 11.5 Å². The fourth-order valence-corrected chi connectivity index (χ4v) is 4.13. The Hall–Kier alpha value is -2.67. The molecule has 1 aliphatic rings. The Kier molecular flexibility index (Phi) is 4.71. The molecule has 0 aliphatic carbocycles. The molecule has 0 saturated carbocycles. The third-order valence-corrected chi connectivity index (χ3v) is 5.85. The van der Waals surface area contributed by atoms with E-state index >= 15 is 0 Å². The molecule has 1 aliphatic heterocycles. The molecule has 0 spiro atoms. The van der Waals surface area contributed by atoms with Gasteiger partial charge in [-0.1, -0.05) is 13.8 Å². The molecule has 0 amide bonds. The van der Waals surface area contributed by atoms with Gasteiger partial charge >= 0.3 is 0 Å². The van der Waals surface area contributed by atoms with Crippen LogP contribution in [0.5, 0.6) is 11.5 Å². The van der Waals surface area contributed by atoms with Crippen molar-refractivity contribution < 1.29 is 14.2 Å². The molecule has 2 heterocycles. The quantitative estimate of drug-likeness (QED) is 0.672. The highest BCUT2D eigenvalue weighted by molar-refractivity contribution is 7.09. The normalized spacial score (nSPS) is 15.8. The lowest BCUT2D eigenvalue weighted by atomic mass is 9.93. The highest BCUT2D eigenvalue weighted by Crippen LogP contribution is 2.36. The largest absolute Gasteiger partial charge is 0.502 e. The van der Waals surface area contributed by atoms with E-state index in [1.54, 1.807) is 6.07 Å². The average Bonchev–Trinajstić information content (AvgIpc) is 3.31. The van der Waals surface area contributed by atoms with Gasteiger partial charge in [-0.2, -0.15) is 4.37 Å². The molecule has 1 fully saturated rings. The molecule has 0 bridgehead atoms. The van der Waals surface area contributed by atoms with Crippen LogP contribution in [0.25, 0.3) is 22.0 Å². The van der Waals surface area contributed by atoms with Crippen molar-refractivity contribution in [3.05, 3.63) is 42.2 Å². The Bertz CT molecular complexity index is 1000. The lowest BCUT2D eigenvalue weighted by Gasteiger charge is -2.21. The molecule has 1 saturated heterocycles. The number of ether oxygens (including phenoxy) is 1. The van der Waals surface area contributed by atoms with Crippen LogP contribution in [0.15, 0.2) is 36.4 Å². The van der Waals surface area contributed by atoms with E-state index in [4.69, 9.17) is 4.74 Å². The van der Waals surface area contributed by atoms with Crippen molar-refractivity contribution in [2.75, 3.05) is 25.1 Å². The molecule has 0 radical (unpaired) electrons. The van der Waals surface area contributed by atoms with E-state index < -0.39 is 11.6 Å². The molecule has 146 valence electrons. The number of hydrogen-bond acceptors (Lipinski definition) is 6. The van der Waals surface area contributed by atoms with Crippen molar-refractivity contribution in [1.82, 2.24) is 9.36 Å². The van der Waals surface area contributed by atoms with Crippen molar-refractivity contribution in [2.24, 2.45) is 5.41 Å². The van der Waals surface area contributed by atoms with Crippen molar-refractivity contribution in [2.45, 2.75) is 20.3 Å². The minimum Gasteiger partial charge on any atom is -0.502 e. The maximum atomic E-state index is 13.9. The van der Waals surface area contributed by atoms with Crippen LogP contribution in [0.4, 0.5) is 10.1 Å². The summed E-state index contributed by atoms with van der Waals surface area (Å²) < 4.78 is 23.3. The maximum Gasteiger partial charge on any atom is 0.194 e. The number of rotatable bonds is 4. The molecule has 0 atom stereocenters. The van der Waals surface area contributed by atoms with Crippen LogP contribution in [-0.4, -0.2) is 34.7 Å². The monoisotopic (exact) mass is 399 g/mol. The minimum atomic E-state index is -0.746. The summed E-state index contributed by atoms with van der Waals surface area (Å²) >= 11 is 1.19. The molecule has 2 aromatic carbocycles. The van der Waals surface area contributed by atoms with E-state index in [9.17, 15) is 9.50 Å². The third kappa shape index (κ3) is 3.54. The summed E-state index contributed by atoms with van der Waals surface area (Å²) in [5.41, 5.74) is 2.99. The topological polar surface area (TPSA) is 58.5 Å². The van der Waals surface area contributed by atoms with Crippen LogP contribution in [0.3, 0.4) is 0 Å². The van der Waals surface area contributed by atoms with Gasteiger partial charge in [0, 0.05) is 29.9 Å². The Balaban J connectivity index is 1.57. The number of nitrogens with zero attached hydrogens (tertiary/aromatic N) is 3. The van der Waals surface area contributed by atoms with Crippen LogP contribution in [0.1, 0.15) is 20.3 Å². The number of phenols is 1. The van der Waals surface area contributed by atoms with E-state index in [0.717, 1.165) is 18.7 Å². The molecular formula is C21H22FN3O2S. The van der Waals surface area contributed by atoms with E-state index in [0.29, 0.717) is 21.8 Å². The number of halogens is 1. The van der Waals surface area contributed by atoms with Gasteiger partial charge in [0.1, 0.15) is 5.01 Å². The van der Waals surface area contributed by atoms with Gasteiger partial charge in [0.15, 0.2) is 23.1 Å². The molecular weight excluding hydrogens is 377 g/mol. The third-order valence-electron chi connectivity index (χ3n) is 5.09. The first kappa shape index (κ1) is 18.7. The fourth-order valence-electron chi connectivity index (χ4n) is 3.47. The number of anilines is 1. The summed E-state index contributed by atoms with van der Waals surface area (Å²) in [6.07, 6.45) is 1.19. The number of aromatic nitrogens is 2. The van der Waals surface area contributed by atoms with Gasteiger partial charge in [-0.15, -0.1) is 0 Å². The Labute approximate surface area is 167 Å². The van der Waals surface area contributed by atoms with Gasteiger partial charge in [0.25, 0.3) is 0 Å². The second-order valence-electron chi connectivity index (χ2n) is 7.81. The average molecular weight is 399 g/mol. The lowest BCUT2D eigenvalue weighted by Crippen LogP contribution is -2.22. The fraction of sp³-hybridized carbons (Fsp3) is 0.333. The van der Waals surface area contributed by atoms with Crippen LogP contribution in [0.2, 0.25) is 0 Å². The number of hydrogen-bond donors (Lipinski definition) is 1. The van der Waals surface area contributed by atoms with Crippen LogP contribution < -0.4 is 9.64 Å². The Morgan fingerprint density at radius 3 is 2.57 bits per heavy atom. The molecule has 5 nitrogen and oxygen atoms in total. The SMILES string of the molecule is COc1cc(-c2nc(-c3ccc(N4CCC(C)(C)C4)cc3)ns2)cc(F)c1O. The van der Waals surface area contributed by atoms with Gasteiger partial charge in [-0.3, -0.25) is 0 Å². The highest BCUT2D eigenvalue weighted by atomic mass is 32.1. The van der Waals surface area contributed by atoms with E-state index in [1.807, 2.05) is 12.1 Å². The molecule has 3 aromatic rings. The molecule has 28 heavy (non-hydrogen) atoms. The molecule has 4 rings (SSSR count). The van der Waals surface area contributed by atoms with E-state index in [-0.39, 0.29) is 5.75 Å². The zero-order valence-corrected chi connectivity index (χ0v) is 16.9. The summed E-state index contributed by atoms with van der Waals surface area (Å²) in [6, 6.07) is 11.0. The maximum absolute atomic E-state index is 13.9. The number of methoxy groups -OCH3 is 1. The summed E-state index contributed by atoms with van der Waals surface area (Å²) in [5, 5.41) is 10.2. The summed E-state index contributed by atoms with van der Waals surface area (Å²) in [6.45, 7) is 6.71. The molecule has 7 heteroatoms. The summed E-state index contributed by atoms with van der Waals surface area (Å²) in [7, 11) is 1.38. The van der Waals surface area contributed by atoms with Crippen molar-refractivity contribution >= 4 is 17.2 Å².